The third kappa shape index (κ3) is 17.4. The summed E-state index contributed by atoms with van der Waals surface area (Å²) in [6, 6.07) is 54.6. The van der Waals surface area contributed by atoms with E-state index in [-0.39, 0.29) is 34.8 Å². The summed E-state index contributed by atoms with van der Waals surface area (Å²) in [4.78, 5) is 43.8. The largest absolute Gasteiger partial charge is 0.371 e. The van der Waals surface area contributed by atoms with Crippen LogP contribution in [0.2, 0.25) is 0 Å². The van der Waals surface area contributed by atoms with Crippen LogP contribution in [0.25, 0.3) is 54.5 Å². The first kappa shape index (κ1) is 75.5. The number of piperazine rings is 1. The van der Waals surface area contributed by atoms with Gasteiger partial charge in [0.2, 0.25) is 26.0 Å². The van der Waals surface area contributed by atoms with Gasteiger partial charge < -0.3 is 49.4 Å². The standard InChI is InChI=1S/C19H19FN2O2S.C19H19FN2.C18H18FN3.C16H21N3O.C14H19N3O2S/c20-15-6-7-17-18(13-21-19(17)12-15)14-8-10-22(11-9-14)25(23,24)16-4-2-1-3-5-16;20-15-6-7-17-18(13-21-19(17)12-15)14-8-10-22(11-9-14)16-4-2-1-3-5-16;19-14-1-2-16-17(12-21-18(16)11-14)13-5-9-22(10-6-13)15-3-7-20-8-4-15;1-12(20)19-9-8-18(11-16(19,2)3)15-10-17-14-7-5-4-6-13(14)15;1-20(18,19)17-8-4-7-16(9-10-17)14-11-15-13-6-3-2-5-12(13)14/h1-7,12-14,21H,8-11H2;1-7,12-14,21H,8-11H2;1-4,7-8,11-13,21H,5-6,9-10H2;4-7,10,17H,8-9,11H2,1-3H3;2-3,5-6,11,15H,4,7-10H2,1H3. The van der Waals surface area contributed by atoms with E-state index in [1.165, 1.54) is 62.7 Å². The molecule has 5 N–H and O–H groups in total. The highest BCUT2D eigenvalue weighted by Gasteiger charge is 2.37. The number of halogens is 3. The van der Waals surface area contributed by atoms with E-state index in [1.54, 1.807) is 70.1 Å². The normalized spacial score (nSPS) is 17.3. The van der Waals surface area contributed by atoms with Crippen molar-refractivity contribution in [3.63, 3.8) is 0 Å². The second-order valence-electron chi connectivity index (χ2n) is 29.7. The van der Waals surface area contributed by atoms with Crippen LogP contribution in [0.1, 0.15) is 100 Å². The number of nitrogens with one attached hydrogen (secondary N) is 5. The number of sulfonamides is 2. The van der Waals surface area contributed by atoms with Crippen molar-refractivity contribution in [3.05, 3.63) is 253 Å². The highest BCUT2D eigenvalue weighted by atomic mass is 32.2. The number of amides is 1. The summed E-state index contributed by atoms with van der Waals surface area (Å²) in [7, 11) is -6.51. The number of carbonyl (C=O) groups is 1. The molecule has 0 radical (unpaired) electrons. The molecule has 11 heterocycles. The fourth-order valence-corrected chi connectivity index (χ4v) is 19.0. The molecular formula is C86H96F3N13O5S2. The van der Waals surface area contributed by atoms with Crippen LogP contribution in [0.5, 0.6) is 0 Å². The molecule has 0 spiro atoms. The summed E-state index contributed by atoms with van der Waals surface area (Å²) < 4.78 is 91.8. The number of benzene rings is 7. The smallest absolute Gasteiger partial charge is 0.243 e. The van der Waals surface area contributed by atoms with Gasteiger partial charge in [0.1, 0.15) is 17.5 Å². The van der Waals surface area contributed by atoms with E-state index in [0.717, 1.165) is 153 Å². The van der Waals surface area contributed by atoms with E-state index < -0.39 is 20.0 Å². The maximum atomic E-state index is 13.3. The third-order valence-corrected chi connectivity index (χ3v) is 25.6. The van der Waals surface area contributed by atoms with Gasteiger partial charge in [-0.1, -0.05) is 72.8 Å². The third-order valence-electron chi connectivity index (χ3n) is 22.3. The number of pyridine rings is 1. The molecule has 6 aromatic heterocycles. The van der Waals surface area contributed by atoms with Gasteiger partial charge in [-0.2, -0.15) is 4.31 Å². The van der Waals surface area contributed by atoms with Crippen LogP contribution in [0.3, 0.4) is 0 Å². The van der Waals surface area contributed by atoms with Crippen LogP contribution in [0, 0.1) is 17.5 Å². The number of nitrogens with zero attached hydrogens (tertiary/aromatic N) is 8. The fraction of sp³-hybridized carbons (Fsp3) is 0.326. The highest BCUT2D eigenvalue weighted by Crippen LogP contribution is 2.39. The van der Waals surface area contributed by atoms with Crippen LogP contribution < -0.4 is 19.6 Å². The highest BCUT2D eigenvalue weighted by molar-refractivity contribution is 7.89. The molecule has 5 fully saturated rings. The zero-order chi connectivity index (χ0) is 75.8. The minimum Gasteiger partial charge on any atom is -0.371 e. The van der Waals surface area contributed by atoms with Crippen molar-refractivity contribution in [1.82, 2.24) is 43.4 Å². The summed E-state index contributed by atoms with van der Waals surface area (Å²) in [5.74, 6) is 0.907. The summed E-state index contributed by atoms with van der Waals surface area (Å²) in [6.07, 6.45) is 22.0. The lowest BCUT2D eigenvalue weighted by Crippen LogP contribution is -2.60. The Bertz CT molecular complexity index is 5320. The van der Waals surface area contributed by atoms with Crippen molar-refractivity contribution in [3.8, 4) is 0 Å². The van der Waals surface area contributed by atoms with Gasteiger partial charge in [-0.25, -0.2) is 34.3 Å². The van der Waals surface area contributed by atoms with Gasteiger partial charge in [0, 0.05) is 201 Å². The van der Waals surface area contributed by atoms with E-state index in [4.69, 9.17) is 0 Å². The van der Waals surface area contributed by atoms with Gasteiger partial charge in [0.25, 0.3) is 0 Å². The molecule has 0 bridgehead atoms. The number of aromatic amines is 5. The molecule has 5 aliphatic rings. The molecule has 5 aliphatic heterocycles. The topological polar surface area (TPSA) is 200 Å². The molecular weight excluding hydrogens is 1420 g/mol. The number of piperidine rings is 3. The van der Waals surface area contributed by atoms with Crippen molar-refractivity contribution < 1.29 is 34.8 Å². The maximum absolute atomic E-state index is 13.3. The molecule has 109 heavy (non-hydrogen) atoms. The summed E-state index contributed by atoms with van der Waals surface area (Å²) in [5.41, 5.74) is 13.5. The van der Waals surface area contributed by atoms with Gasteiger partial charge in [-0.3, -0.25) is 9.78 Å². The van der Waals surface area contributed by atoms with Crippen molar-refractivity contribution in [2.75, 3.05) is 111 Å². The van der Waals surface area contributed by atoms with Crippen molar-refractivity contribution in [2.45, 2.75) is 93.9 Å². The average molecular weight is 1510 g/mol. The lowest BCUT2D eigenvalue weighted by Gasteiger charge is -2.47. The van der Waals surface area contributed by atoms with Crippen molar-refractivity contribution in [1.29, 1.82) is 0 Å². The van der Waals surface area contributed by atoms with E-state index in [1.807, 2.05) is 66.1 Å². The number of para-hydroxylation sites is 3. The maximum Gasteiger partial charge on any atom is 0.243 e. The van der Waals surface area contributed by atoms with Gasteiger partial charge in [0.15, 0.2) is 0 Å². The Hall–Kier alpha value is -10.3. The molecule has 5 saturated heterocycles. The molecule has 0 aliphatic carbocycles. The number of anilines is 4. The summed E-state index contributed by atoms with van der Waals surface area (Å²) >= 11 is 0. The zero-order valence-electron chi connectivity index (χ0n) is 62.2. The number of carbonyl (C=O) groups excluding carboxylic acids is 1. The molecule has 23 heteroatoms. The number of aromatic nitrogens is 6. The van der Waals surface area contributed by atoms with Crippen molar-refractivity contribution >= 4 is 103 Å². The van der Waals surface area contributed by atoms with E-state index in [2.05, 4.69) is 155 Å². The molecule has 18 nitrogen and oxygen atoms in total. The average Bonchev–Trinajstić information content (AvgIpc) is 1.58. The zero-order valence-corrected chi connectivity index (χ0v) is 63.9. The van der Waals surface area contributed by atoms with Gasteiger partial charge in [-0.15, -0.1) is 0 Å². The Morgan fingerprint density at radius 3 is 1.28 bits per heavy atom. The van der Waals surface area contributed by atoms with Crippen molar-refractivity contribution in [2.24, 2.45) is 0 Å². The second kappa shape index (κ2) is 33.3. The molecule has 0 unspecified atom stereocenters. The first-order valence-corrected chi connectivity index (χ1v) is 41.2. The lowest BCUT2D eigenvalue weighted by atomic mass is 9.89. The van der Waals surface area contributed by atoms with Crippen LogP contribution in [0.15, 0.2) is 224 Å². The predicted octanol–water partition coefficient (Wildman–Crippen LogP) is 16.9. The van der Waals surface area contributed by atoms with E-state index in [9.17, 15) is 34.8 Å². The van der Waals surface area contributed by atoms with Crippen LogP contribution in [-0.2, 0) is 24.8 Å². The molecule has 1 amide bonds. The first-order chi connectivity index (χ1) is 52.7. The van der Waals surface area contributed by atoms with Gasteiger partial charge in [-0.05, 0) is 196 Å². The van der Waals surface area contributed by atoms with Gasteiger partial charge >= 0.3 is 0 Å². The molecule has 7 aromatic carbocycles. The Balaban J connectivity index is 0.000000114. The molecule has 0 atom stereocenters. The van der Waals surface area contributed by atoms with Gasteiger partial charge in [0.05, 0.1) is 28.1 Å². The number of H-pyrrole nitrogens is 5. The lowest BCUT2D eigenvalue weighted by molar-refractivity contribution is -0.134. The summed E-state index contributed by atoms with van der Waals surface area (Å²) in [5, 5.41) is 5.79. The quantitative estimate of drug-likeness (QED) is 0.0878. The number of fused-ring (bicyclic) bond motifs is 5. The molecule has 568 valence electrons. The predicted molar refractivity (Wildman–Crippen MR) is 435 cm³/mol. The van der Waals surface area contributed by atoms with E-state index in [0.29, 0.717) is 42.9 Å². The number of rotatable bonds is 10. The number of hydrogen-bond acceptors (Lipinski definition) is 10. The minimum atomic E-state index is -3.43. The van der Waals surface area contributed by atoms with Crippen LogP contribution in [-0.4, -0.2) is 163 Å². The Kier molecular flexibility index (Phi) is 23.0. The number of hydrogen-bond donors (Lipinski definition) is 5. The molecule has 0 saturated carbocycles. The fourth-order valence-electron chi connectivity index (χ4n) is 16.7. The minimum absolute atomic E-state index is 0.136. The second-order valence-corrected chi connectivity index (χ2v) is 33.6. The molecule has 18 rings (SSSR count). The summed E-state index contributed by atoms with van der Waals surface area (Å²) in [6.45, 7) is 16.4. The van der Waals surface area contributed by atoms with Crippen LogP contribution >= 0.6 is 0 Å². The van der Waals surface area contributed by atoms with Crippen LogP contribution in [0.4, 0.5) is 35.9 Å². The molecule has 13 aromatic rings. The Morgan fingerprint density at radius 1 is 0.413 bits per heavy atom. The Morgan fingerprint density at radius 2 is 0.826 bits per heavy atom. The first-order valence-electron chi connectivity index (χ1n) is 37.9. The monoisotopic (exact) mass is 1510 g/mol. The van der Waals surface area contributed by atoms with E-state index >= 15 is 0 Å². The SMILES string of the molecule is CC(=O)N1CCN(c2c[nH]c3ccccc23)CC1(C)C.CS(=O)(=O)N1CCCN(c2c[nH]c3ccccc23)CC1.Fc1ccc2c(C3CCN(c4ccccc4)CC3)c[nH]c2c1.Fc1ccc2c(C3CCN(c4ccncc4)CC3)c[nH]c2c1.O=S(=O)(c1ccccc1)N1CCC(c2c[nH]c3cc(F)ccc23)CC1. The Labute approximate surface area is 636 Å².